The molecule has 0 saturated heterocycles. The summed E-state index contributed by atoms with van der Waals surface area (Å²) in [6, 6.07) is 14.2. The van der Waals surface area contributed by atoms with Crippen LogP contribution in [0.2, 0.25) is 5.02 Å². The van der Waals surface area contributed by atoms with E-state index in [1.807, 2.05) is 6.07 Å². The van der Waals surface area contributed by atoms with Crippen LogP contribution in [0.25, 0.3) is 11.4 Å². The molecule has 1 aromatic heterocycles. The Morgan fingerprint density at radius 2 is 1.89 bits per heavy atom. The molecule has 1 atom stereocenters. The van der Waals surface area contributed by atoms with Crippen molar-refractivity contribution in [3.05, 3.63) is 59.4 Å². The van der Waals surface area contributed by atoms with E-state index in [0.717, 1.165) is 5.56 Å². The maximum Gasteiger partial charge on any atom is 0.261 e. The Morgan fingerprint density at radius 1 is 1.19 bits per heavy atom. The molecular formula is C19H18ClN3O4. The van der Waals surface area contributed by atoms with Crippen molar-refractivity contribution in [1.82, 2.24) is 15.5 Å². The van der Waals surface area contributed by atoms with Crippen LogP contribution in [0.1, 0.15) is 12.8 Å². The standard InChI is InChI=1S/C19H18ClN3O4/c1-12(26-16-6-4-3-5-15(16)25-2)19(24)21-11-17-22-18(23-27-17)13-7-9-14(20)10-8-13/h3-10,12H,11H2,1-2H3,(H,21,24). The minimum atomic E-state index is -0.722. The van der Waals surface area contributed by atoms with Gasteiger partial charge in [0.05, 0.1) is 13.7 Å². The number of ether oxygens (including phenoxy) is 2. The fraction of sp³-hybridized carbons (Fsp3) is 0.211. The Bertz CT molecular complexity index is 911. The number of nitrogens with one attached hydrogen (secondary N) is 1. The van der Waals surface area contributed by atoms with Gasteiger partial charge in [-0.3, -0.25) is 4.79 Å². The molecule has 0 aliphatic rings. The number of amides is 1. The molecule has 3 rings (SSSR count). The summed E-state index contributed by atoms with van der Waals surface area (Å²) < 4.78 is 16.0. The van der Waals surface area contributed by atoms with Crippen molar-refractivity contribution < 1.29 is 18.8 Å². The summed E-state index contributed by atoms with van der Waals surface area (Å²) in [5, 5.41) is 7.23. The van der Waals surface area contributed by atoms with Crippen LogP contribution in [0, 0.1) is 0 Å². The number of benzene rings is 2. The summed E-state index contributed by atoms with van der Waals surface area (Å²) in [6.45, 7) is 1.74. The van der Waals surface area contributed by atoms with E-state index >= 15 is 0 Å². The molecule has 0 bridgehead atoms. The maximum atomic E-state index is 12.3. The van der Waals surface area contributed by atoms with Crippen molar-refractivity contribution in [1.29, 1.82) is 0 Å². The molecule has 0 saturated carbocycles. The van der Waals surface area contributed by atoms with Crippen molar-refractivity contribution in [3.8, 4) is 22.9 Å². The molecule has 140 valence electrons. The molecule has 0 aliphatic carbocycles. The molecule has 0 spiro atoms. The summed E-state index contributed by atoms with van der Waals surface area (Å²) in [5.74, 6) is 1.45. The second-order valence-corrected chi connectivity index (χ2v) is 6.08. The second-order valence-electron chi connectivity index (χ2n) is 5.65. The van der Waals surface area contributed by atoms with Crippen LogP contribution < -0.4 is 14.8 Å². The van der Waals surface area contributed by atoms with Crippen molar-refractivity contribution >= 4 is 17.5 Å². The molecule has 0 fully saturated rings. The number of carbonyl (C=O) groups is 1. The molecule has 7 nitrogen and oxygen atoms in total. The molecule has 27 heavy (non-hydrogen) atoms. The Labute approximate surface area is 161 Å². The first-order chi connectivity index (χ1) is 13.1. The van der Waals surface area contributed by atoms with E-state index in [2.05, 4.69) is 15.5 Å². The summed E-state index contributed by atoms with van der Waals surface area (Å²) in [4.78, 5) is 16.5. The highest BCUT2D eigenvalue weighted by molar-refractivity contribution is 6.30. The maximum absolute atomic E-state index is 12.3. The average molecular weight is 388 g/mol. The lowest BCUT2D eigenvalue weighted by molar-refractivity contribution is -0.127. The fourth-order valence-corrected chi connectivity index (χ4v) is 2.44. The molecule has 3 aromatic rings. The van der Waals surface area contributed by atoms with Gasteiger partial charge >= 0.3 is 0 Å². The summed E-state index contributed by atoms with van der Waals surface area (Å²) in [7, 11) is 1.54. The topological polar surface area (TPSA) is 86.5 Å². The summed E-state index contributed by atoms with van der Waals surface area (Å²) >= 11 is 5.86. The van der Waals surface area contributed by atoms with E-state index in [1.54, 1.807) is 56.5 Å². The van der Waals surface area contributed by atoms with Crippen LogP contribution in [0.15, 0.2) is 53.1 Å². The molecule has 1 N–H and O–H groups in total. The van der Waals surface area contributed by atoms with Crippen LogP contribution in [0.3, 0.4) is 0 Å². The minimum Gasteiger partial charge on any atom is -0.493 e. The Balaban J connectivity index is 1.56. The van der Waals surface area contributed by atoms with Gasteiger partial charge in [-0.25, -0.2) is 0 Å². The van der Waals surface area contributed by atoms with Gasteiger partial charge in [0.15, 0.2) is 17.6 Å². The first-order valence-corrected chi connectivity index (χ1v) is 8.60. The molecule has 0 radical (unpaired) electrons. The van der Waals surface area contributed by atoms with Crippen LogP contribution in [-0.2, 0) is 11.3 Å². The van der Waals surface area contributed by atoms with Gasteiger partial charge in [-0.05, 0) is 43.3 Å². The zero-order valence-electron chi connectivity index (χ0n) is 14.8. The lowest BCUT2D eigenvalue weighted by Gasteiger charge is -2.16. The summed E-state index contributed by atoms with van der Waals surface area (Å²) in [6.07, 6.45) is -0.722. The van der Waals surface area contributed by atoms with Crippen LogP contribution in [0.4, 0.5) is 0 Å². The number of nitrogens with zero attached hydrogens (tertiary/aromatic N) is 2. The third-order valence-corrected chi connectivity index (χ3v) is 3.98. The van der Waals surface area contributed by atoms with E-state index in [0.29, 0.717) is 22.3 Å². The third-order valence-electron chi connectivity index (χ3n) is 3.73. The largest absolute Gasteiger partial charge is 0.493 e. The Morgan fingerprint density at radius 3 is 2.59 bits per heavy atom. The molecule has 8 heteroatoms. The smallest absolute Gasteiger partial charge is 0.261 e. The fourth-order valence-electron chi connectivity index (χ4n) is 2.31. The van der Waals surface area contributed by atoms with Gasteiger partial charge in [-0.1, -0.05) is 28.9 Å². The zero-order valence-corrected chi connectivity index (χ0v) is 15.6. The highest BCUT2D eigenvalue weighted by Crippen LogP contribution is 2.26. The van der Waals surface area contributed by atoms with Crippen LogP contribution >= 0.6 is 11.6 Å². The minimum absolute atomic E-state index is 0.0963. The van der Waals surface area contributed by atoms with E-state index in [9.17, 15) is 4.79 Å². The van der Waals surface area contributed by atoms with Crippen molar-refractivity contribution in [3.63, 3.8) is 0 Å². The predicted octanol–water partition coefficient (Wildman–Crippen LogP) is 3.48. The zero-order chi connectivity index (χ0) is 19.2. The van der Waals surface area contributed by atoms with E-state index in [1.165, 1.54) is 0 Å². The van der Waals surface area contributed by atoms with E-state index in [4.69, 9.17) is 25.6 Å². The molecular weight excluding hydrogens is 370 g/mol. The average Bonchev–Trinajstić information content (AvgIpc) is 3.16. The molecule has 1 unspecified atom stereocenters. The van der Waals surface area contributed by atoms with Gasteiger partial charge < -0.3 is 19.3 Å². The number of para-hydroxylation sites is 2. The normalized spacial score (nSPS) is 11.7. The quantitative estimate of drug-likeness (QED) is 0.667. The molecule has 0 aliphatic heterocycles. The second kappa shape index (κ2) is 8.55. The highest BCUT2D eigenvalue weighted by Gasteiger charge is 2.17. The number of halogens is 1. The SMILES string of the molecule is COc1ccccc1OC(C)C(=O)NCc1nc(-c2ccc(Cl)cc2)no1. The Kier molecular flexibility index (Phi) is 5.93. The van der Waals surface area contributed by atoms with Crippen molar-refractivity contribution in [2.45, 2.75) is 19.6 Å². The van der Waals surface area contributed by atoms with Crippen molar-refractivity contribution in [2.24, 2.45) is 0 Å². The lowest BCUT2D eigenvalue weighted by atomic mass is 10.2. The summed E-state index contributed by atoms with van der Waals surface area (Å²) in [5.41, 5.74) is 0.772. The first-order valence-electron chi connectivity index (χ1n) is 8.22. The van der Waals surface area contributed by atoms with Gasteiger partial charge in [0.2, 0.25) is 11.7 Å². The number of hydrogen-bond donors (Lipinski definition) is 1. The number of aromatic nitrogens is 2. The monoisotopic (exact) mass is 387 g/mol. The van der Waals surface area contributed by atoms with Crippen LogP contribution in [0.5, 0.6) is 11.5 Å². The predicted molar refractivity (Wildman–Crippen MR) is 99.7 cm³/mol. The highest BCUT2D eigenvalue weighted by atomic mass is 35.5. The van der Waals surface area contributed by atoms with E-state index < -0.39 is 6.10 Å². The van der Waals surface area contributed by atoms with Gasteiger partial charge in [0, 0.05) is 10.6 Å². The third kappa shape index (κ3) is 4.77. The first kappa shape index (κ1) is 18.7. The van der Waals surface area contributed by atoms with Gasteiger partial charge in [0.25, 0.3) is 5.91 Å². The van der Waals surface area contributed by atoms with Crippen LogP contribution in [-0.4, -0.2) is 29.3 Å². The van der Waals surface area contributed by atoms with Gasteiger partial charge in [-0.2, -0.15) is 4.98 Å². The lowest BCUT2D eigenvalue weighted by Crippen LogP contribution is -2.36. The molecule has 2 aromatic carbocycles. The number of rotatable bonds is 7. The van der Waals surface area contributed by atoms with Gasteiger partial charge in [0.1, 0.15) is 0 Å². The Hall–Kier alpha value is -3.06. The number of methoxy groups -OCH3 is 1. The number of hydrogen-bond acceptors (Lipinski definition) is 6. The molecule has 1 amide bonds. The molecule has 1 heterocycles. The van der Waals surface area contributed by atoms with Gasteiger partial charge in [-0.15, -0.1) is 0 Å². The van der Waals surface area contributed by atoms with E-state index in [-0.39, 0.29) is 18.3 Å². The van der Waals surface area contributed by atoms with Crippen molar-refractivity contribution in [2.75, 3.05) is 7.11 Å². The number of carbonyl (C=O) groups excluding carboxylic acids is 1.